The second-order valence-electron chi connectivity index (χ2n) is 8.11. The normalized spacial score (nSPS) is 17.6. The first-order valence-corrected chi connectivity index (χ1v) is 10.9. The summed E-state index contributed by atoms with van der Waals surface area (Å²) in [7, 11) is 0. The van der Waals surface area contributed by atoms with Gasteiger partial charge in [0, 0.05) is 5.92 Å². The van der Waals surface area contributed by atoms with Crippen molar-refractivity contribution in [1.82, 2.24) is 16.0 Å². The van der Waals surface area contributed by atoms with Gasteiger partial charge < -0.3 is 21.1 Å². The van der Waals surface area contributed by atoms with Gasteiger partial charge in [-0.3, -0.25) is 14.4 Å². The number of ketones is 1. The van der Waals surface area contributed by atoms with E-state index in [1.165, 1.54) is 0 Å². The maximum absolute atomic E-state index is 13.0. The fourth-order valence-corrected chi connectivity index (χ4v) is 3.70. The first kappa shape index (κ1) is 24.0. The van der Waals surface area contributed by atoms with Crippen molar-refractivity contribution in [3.63, 3.8) is 0 Å². The summed E-state index contributed by atoms with van der Waals surface area (Å²) in [5.74, 6) is -1.07. The lowest BCUT2D eigenvalue weighted by molar-refractivity contribution is -0.134. The number of nitrogens with one attached hydrogen (secondary N) is 3. The van der Waals surface area contributed by atoms with Gasteiger partial charge in [-0.25, -0.2) is 0 Å². The van der Waals surface area contributed by atoms with Crippen molar-refractivity contribution in [3.05, 3.63) is 35.9 Å². The molecule has 2 amide bonds. The van der Waals surface area contributed by atoms with Gasteiger partial charge in [0.2, 0.25) is 11.8 Å². The number of rotatable bonds is 11. The summed E-state index contributed by atoms with van der Waals surface area (Å²) in [4.78, 5) is 38.0. The van der Waals surface area contributed by atoms with Crippen LogP contribution in [0.4, 0.5) is 0 Å². The second-order valence-corrected chi connectivity index (χ2v) is 8.11. The van der Waals surface area contributed by atoms with Gasteiger partial charge in [0.25, 0.3) is 0 Å². The molecule has 166 valence electrons. The molecule has 4 N–H and O–H groups in total. The molecular formula is C23H35N3O4. The highest BCUT2D eigenvalue weighted by atomic mass is 16.3. The first-order valence-electron chi connectivity index (χ1n) is 10.9. The molecule has 1 heterocycles. The van der Waals surface area contributed by atoms with E-state index in [9.17, 15) is 19.5 Å². The number of aliphatic hydroxyl groups excluding tert-OH is 1. The van der Waals surface area contributed by atoms with E-state index in [-0.39, 0.29) is 23.7 Å². The predicted octanol–water partition coefficient (Wildman–Crippen LogP) is 1.20. The molecule has 3 atom stereocenters. The second kappa shape index (κ2) is 12.4. The Balaban J connectivity index is 2.03. The molecule has 30 heavy (non-hydrogen) atoms. The van der Waals surface area contributed by atoms with Gasteiger partial charge in [0.15, 0.2) is 5.78 Å². The molecule has 0 aliphatic carbocycles. The summed E-state index contributed by atoms with van der Waals surface area (Å²) in [5.41, 5.74) is 1.06. The van der Waals surface area contributed by atoms with E-state index in [2.05, 4.69) is 16.0 Å². The Morgan fingerprint density at radius 1 is 1.13 bits per heavy atom. The van der Waals surface area contributed by atoms with Crippen molar-refractivity contribution in [3.8, 4) is 0 Å². The van der Waals surface area contributed by atoms with E-state index in [0.29, 0.717) is 19.3 Å². The van der Waals surface area contributed by atoms with E-state index in [0.717, 1.165) is 31.5 Å². The fraction of sp³-hybridized carbons (Fsp3) is 0.609. The number of benzene rings is 1. The topological polar surface area (TPSA) is 108 Å². The molecule has 7 nitrogen and oxygen atoms in total. The average Bonchev–Trinajstić information content (AvgIpc) is 2.80. The van der Waals surface area contributed by atoms with E-state index in [4.69, 9.17) is 0 Å². The quantitative estimate of drug-likeness (QED) is 0.433. The van der Waals surface area contributed by atoms with Crippen molar-refractivity contribution < 1.29 is 19.5 Å². The maximum Gasteiger partial charge on any atom is 0.243 e. The molecule has 1 aliphatic rings. The molecule has 1 aliphatic heterocycles. The Labute approximate surface area is 179 Å². The van der Waals surface area contributed by atoms with Crippen LogP contribution < -0.4 is 16.0 Å². The summed E-state index contributed by atoms with van der Waals surface area (Å²) < 4.78 is 0. The molecule has 1 fully saturated rings. The van der Waals surface area contributed by atoms with Gasteiger partial charge in [-0.1, -0.05) is 50.6 Å². The monoisotopic (exact) mass is 417 g/mol. The van der Waals surface area contributed by atoms with Crippen LogP contribution in [-0.2, 0) is 20.8 Å². The lowest BCUT2D eigenvalue weighted by atomic mass is 9.93. The molecule has 1 aromatic rings. The Hall–Kier alpha value is -2.25. The van der Waals surface area contributed by atoms with Crippen LogP contribution in [0.15, 0.2) is 30.3 Å². The summed E-state index contributed by atoms with van der Waals surface area (Å²) in [5, 5.41) is 18.3. The average molecular weight is 418 g/mol. The zero-order chi connectivity index (χ0) is 21.9. The van der Waals surface area contributed by atoms with Crippen molar-refractivity contribution >= 4 is 17.6 Å². The Bertz CT molecular complexity index is 689. The summed E-state index contributed by atoms with van der Waals surface area (Å²) >= 11 is 0. The van der Waals surface area contributed by atoms with Crippen LogP contribution in [-0.4, -0.2) is 54.5 Å². The number of hydrogen-bond donors (Lipinski definition) is 4. The molecule has 0 radical (unpaired) electrons. The highest BCUT2D eigenvalue weighted by Gasteiger charge is 2.31. The lowest BCUT2D eigenvalue weighted by Gasteiger charge is -2.29. The van der Waals surface area contributed by atoms with E-state index in [1.54, 1.807) is 0 Å². The number of carbonyl (C=O) groups is 3. The molecule has 2 unspecified atom stereocenters. The molecule has 2 rings (SSSR count). The third-order valence-corrected chi connectivity index (χ3v) is 5.93. The minimum atomic E-state index is -0.787. The first-order chi connectivity index (χ1) is 14.5. The van der Waals surface area contributed by atoms with Crippen LogP contribution in [0.2, 0.25) is 0 Å². The van der Waals surface area contributed by atoms with E-state index in [1.807, 2.05) is 44.2 Å². The molecule has 0 aromatic heterocycles. The van der Waals surface area contributed by atoms with Crippen LogP contribution in [0, 0.1) is 11.8 Å². The maximum atomic E-state index is 13.0. The van der Waals surface area contributed by atoms with Crippen LogP contribution >= 0.6 is 0 Å². The third-order valence-electron chi connectivity index (χ3n) is 5.93. The summed E-state index contributed by atoms with van der Waals surface area (Å²) in [6, 6.07) is 8.20. The summed E-state index contributed by atoms with van der Waals surface area (Å²) in [6.45, 7) is 4.85. The van der Waals surface area contributed by atoms with Crippen LogP contribution in [0.5, 0.6) is 0 Å². The van der Waals surface area contributed by atoms with Gasteiger partial charge in [-0.05, 0) is 50.3 Å². The zero-order valence-corrected chi connectivity index (χ0v) is 18.0. The molecular weight excluding hydrogens is 382 g/mol. The van der Waals surface area contributed by atoms with Gasteiger partial charge in [0.1, 0.15) is 12.6 Å². The van der Waals surface area contributed by atoms with Crippen LogP contribution in [0.25, 0.3) is 0 Å². The smallest absolute Gasteiger partial charge is 0.243 e. The Morgan fingerprint density at radius 2 is 1.80 bits per heavy atom. The number of amides is 2. The van der Waals surface area contributed by atoms with Crippen molar-refractivity contribution in [2.75, 3.05) is 19.7 Å². The predicted molar refractivity (Wildman–Crippen MR) is 116 cm³/mol. The molecule has 0 bridgehead atoms. The third kappa shape index (κ3) is 7.22. The van der Waals surface area contributed by atoms with Crippen molar-refractivity contribution in [2.45, 2.75) is 58.0 Å². The fourth-order valence-electron chi connectivity index (χ4n) is 3.70. The highest BCUT2D eigenvalue weighted by molar-refractivity contribution is 5.93. The molecule has 1 saturated heterocycles. The van der Waals surface area contributed by atoms with E-state index < -0.39 is 24.5 Å². The molecule has 0 saturated carbocycles. The van der Waals surface area contributed by atoms with E-state index >= 15 is 0 Å². The Morgan fingerprint density at radius 3 is 2.40 bits per heavy atom. The molecule has 1 aromatic carbocycles. The molecule has 0 spiro atoms. The number of carbonyl (C=O) groups excluding carboxylic acids is 3. The van der Waals surface area contributed by atoms with Crippen LogP contribution in [0.1, 0.15) is 45.1 Å². The minimum absolute atomic E-state index is 0.0744. The zero-order valence-electron chi connectivity index (χ0n) is 18.0. The number of Topliss-reactive ketones (excluding diaryl/α,β-unsaturated/α-hetero) is 1. The lowest BCUT2D eigenvalue weighted by Crippen LogP contribution is -2.55. The number of aryl methyl sites for hydroxylation is 1. The molecule has 7 heteroatoms. The van der Waals surface area contributed by atoms with Gasteiger partial charge in [0.05, 0.1) is 6.04 Å². The highest BCUT2D eigenvalue weighted by Crippen LogP contribution is 2.15. The summed E-state index contributed by atoms with van der Waals surface area (Å²) in [6.07, 6.45) is 3.22. The van der Waals surface area contributed by atoms with Gasteiger partial charge in [-0.2, -0.15) is 0 Å². The van der Waals surface area contributed by atoms with Gasteiger partial charge in [-0.15, -0.1) is 0 Å². The van der Waals surface area contributed by atoms with Crippen LogP contribution in [0.3, 0.4) is 0 Å². The van der Waals surface area contributed by atoms with Crippen molar-refractivity contribution in [1.29, 1.82) is 0 Å². The SMILES string of the molecule is CC[C@H](C)C(NC(=O)C1CCNCC1)C(=O)NC(CCc1ccccc1)C(=O)CO. The Kier molecular flexibility index (Phi) is 9.97. The van der Waals surface area contributed by atoms with Crippen molar-refractivity contribution in [2.24, 2.45) is 11.8 Å². The number of piperidine rings is 1. The van der Waals surface area contributed by atoms with Gasteiger partial charge >= 0.3 is 0 Å². The number of aliphatic hydroxyl groups is 1. The number of hydrogen-bond acceptors (Lipinski definition) is 5. The standard InChI is InChI=1S/C23H35N3O4/c1-3-16(2)21(26-22(29)18-11-13-24-14-12-18)23(30)25-19(20(28)15-27)10-9-17-7-5-4-6-8-17/h4-8,16,18-19,21,24,27H,3,9-15H2,1-2H3,(H,25,30)(H,26,29)/t16-,19?,21?/m0/s1. The minimum Gasteiger partial charge on any atom is -0.389 e. The largest absolute Gasteiger partial charge is 0.389 e.